The number of benzene rings is 1. The fourth-order valence-electron chi connectivity index (χ4n) is 2.85. The van der Waals surface area contributed by atoms with Gasteiger partial charge >= 0.3 is 0 Å². The second-order valence-electron chi connectivity index (χ2n) is 6.65. The Labute approximate surface area is 155 Å². The molecule has 0 bridgehead atoms. The highest BCUT2D eigenvalue weighted by molar-refractivity contribution is 7.88. The highest BCUT2D eigenvalue weighted by Crippen LogP contribution is 2.20. The van der Waals surface area contributed by atoms with Gasteiger partial charge in [-0.15, -0.1) is 0 Å². The van der Waals surface area contributed by atoms with E-state index in [1.165, 1.54) is 0 Å². The molecule has 0 radical (unpaired) electrons. The van der Waals surface area contributed by atoms with Crippen molar-refractivity contribution in [3.63, 3.8) is 0 Å². The van der Waals surface area contributed by atoms with Crippen molar-refractivity contribution in [2.24, 2.45) is 7.05 Å². The maximum Gasteiger partial charge on any atom is 0.216 e. The van der Waals surface area contributed by atoms with Crippen LogP contribution in [0.1, 0.15) is 36.2 Å². The van der Waals surface area contributed by atoms with Crippen molar-refractivity contribution < 1.29 is 13.2 Å². The molecule has 26 heavy (non-hydrogen) atoms. The van der Waals surface area contributed by atoms with Crippen LogP contribution in [0.15, 0.2) is 24.3 Å². The van der Waals surface area contributed by atoms with E-state index in [9.17, 15) is 8.42 Å². The minimum absolute atomic E-state index is 0.00896. The van der Waals surface area contributed by atoms with Gasteiger partial charge in [0.2, 0.25) is 15.9 Å². The minimum Gasteiger partial charge on any atom is -0.481 e. The molecule has 1 heterocycles. The predicted octanol–water partition coefficient (Wildman–Crippen LogP) is 1.85. The summed E-state index contributed by atoms with van der Waals surface area (Å²) >= 11 is 0. The molecular weight excluding hydrogens is 352 g/mol. The Morgan fingerprint density at radius 3 is 2.35 bits per heavy atom. The molecule has 0 saturated carbocycles. The van der Waals surface area contributed by atoms with Crippen LogP contribution in [0.4, 0.5) is 0 Å². The van der Waals surface area contributed by atoms with E-state index in [2.05, 4.69) is 15.1 Å². The Balaban J connectivity index is 1.92. The second kappa shape index (κ2) is 8.66. The Hall–Kier alpha value is -1.90. The molecule has 144 valence electrons. The molecule has 0 aliphatic rings. The van der Waals surface area contributed by atoms with E-state index < -0.39 is 10.0 Å². The molecule has 1 aromatic heterocycles. The molecule has 0 fully saturated rings. The van der Waals surface area contributed by atoms with Crippen molar-refractivity contribution in [2.75, 3.05) is 7.11 Å². The summed E-state index contributed by atoms with van der Waals surface area (Å²) in [5.41, 5.74) is 3.84. The molecule has 0 aliphatic carbocycles. The van der Waals surface area contributed by atoms with Gasteiger partial charge in [0.15, 0.2) is 0 Å². The summed E-state index contributed by atoms with van der Waals surface area (Å²) in [5.74, 6) is 0.749. The third kappa shape index (κ3) is 5.55. The Bertz CT molecular complexity index is 827. The number of nitrogens with one attached hydrogen (secondary N) is 2. The normalized spacial score (nSPS) is 11.9. The number of rotatable bonds is 9. The zero-order valence-corrected chi connectivity index (χ0v) is 16.9. The third-order valence-corrected chi connectivity index (χ3v) is 5.45. The highest BCUT2D eigenvalue weighted by Gasteiger charge is 2.14. The van der Waals surface area contributed by atoms with Crippen molar-refractivity contribution in [3.05, 3.63) is 46.6 Å². The van der Waals surface area contributed by atoms with Gasteiger partial charge in [0.25, 0.3) is 0 Å². The van der Waals surface area contributed by atoms with Crippen molar-refractivity contribution in [2.45, 2.75) is 45.7 Å². The number of hydrogen-bond acceptors (Lipinski definition) is 5. The van der Waals surface area contributed by atoms with Gasteiger partial charge in [-0.2, -0.15) is 5.10 Å². The van der Waals surface area contributed by atoms with Gasteiger partial charge in [-0.1, -0.05) is 24.3 Å². The molecule has 0 aliphatic heterocycles. The number of methoxy groups -OCH3 is 1. The van der Waals surface area contributed by atoms with Crippen LogP contribution < -0.4 is 14.8 Å². The first-order chi connectivity index (χ1) is 12.2. The number of nitrogens with zero attached hydrogens (tertiary/aromatic N) is 2. The van der Waals surface area contributed by atoms with Gasteiger partial charge in [0, 0.05) is 26.2 Å². The smallest absolute Gasteiger partial charge is 0.216 e. The monoisotopic (exact) mass is 380 g/mol. The number of aryl methyl sites for hydroxylation is 2. The molecule has 2 N–H and O–H groups in total. The molecule has 8 heteroatoms. The van der Waals surface area contributed by atoms with Crippen LogP contribution in [0.3, 0.4) is 0 Å². The molecule has 0 saturated heterocycles. The maximum absolute atomic E-state index is 12.0. The van der Waals surface area contributed by atoms with Crippen molar-refractivity contribution in [1.82, 2.24) is 19.8 Å². The Morgan fingerprint density at radius 2 is 1.77 bits per heavy atom. The van der Waals surface area contributed by atoms with E-state index in [0.29, 0.717) is 13.1 Å². The lowest BCUT2D eigenvalue weighted by Crippen LogP contribution is -2.31. The quantitative estimate of drug-likeness (QED) is 0.694. The summed E-state index contributed by atoms with van der Waals surface area (Å²) in [6.45, 7) is 6.91. The summed E-state index contributed by atoms with van der Waals surface area (Å²) in [6, 6.07) is 7.50. The zero-order chi connectivity index (χ0) is 19.3. The largest absolute Gasteiger partial charge is 0.481 e. The molecule has 0 amide bonds. The van der Waals surface area contributed by atoms with Gasteiger partial charge < -0.3 is 10.1 Å². The molecular formula is C18H28N4O3S. The first-order valence-corrected chi connectivity index (χ1v) is 10.2. The van der Waals surface area contributed by atoms with E-state index in [4.69, 9.17) is 4.74 Å². The van der Waals surface area contributed by atoms with Crippen LogP contribution >= 0.6 is 0 Å². The van der Waals surface area contributed by atoms with Crippen molar-refractivity contribution in [3.8, 4) is 5.88 Å². The van der Waals surface area contributed by atoms with Crippen LogP contribution in [0.5, 0.6) is 5.88 Å². The fourth-order valence-corrected chi connectivity index (χ4v) is 4.28. The number of aromatic nitrogens is 2. The van der Waals surface area contributed by atoms with Crippen LogP contribution in [0.2, 0.25) is 0 Å². The SMILES string of the molecule is COc1c(CNCc2ccc(CS(=O)(=O)NC(C)C)cc2)c(C)nn1C. The third-order valence-electron chi connectivity index (χ3n) is 3.91. The molecule has 0 spiro atoms. The van der Waals surface area contributed by atoms with Crippen molar-refractivity contribution >= 4 is 10.0 Å². The molecule has 7 nitrogen and oxygen atoms in total. The summed E-state index contributed by atoms with van der Waals surface area (Å²) < 4.78 is 33.7. The lowest BCUT2D eigenvalue weighted by Gasteiger charge is -2.10. The summed E-state index contributed by atoms with van der Waals surface area (Å²) in [5, 5.41) is 7.74. The molecule has 0 atom stereocenters. The second-order valence-corrected chi connectivity index (χ2v) is 8.40. The topological polar surface area (TPSA) is 85.2 Å². The average molecular weight is 381 g/mol. The minimum atomic E-state index is -3.30. The first kappa shape index (κ1) is 20.4. The lowest BCUT2D eigenvalue weighted by atomic mass is 10.1. The standard InChI is InChI=1S/C18H28N4O3S/c1-13(2)21-26(23,24)12-16-8-6-15(7-9-16)10-19-11-17-14(3)20-22(4)18(17)25-5/h6-9,13,19,21H,10-12H2,1-5H3. The number of ether oxygens (including phenoxy) is 1. The van der Waals surface area contributed by atoms with E-state index in [1.54, 1.807) is 11.8 Å². The number of hydrogen-bond donors (Lipinski definition) is 2. The van der Waals surface area contributed by atoms with E-state index >= 15 is 0 Å². The van der Waals surface area contributed by atoms with Gasteiger partial charge in [-0.3, -0.25) is 0 Å². The molecule has 2 aromatic rings. The molecule has 0 unspecified atom stereocenters. The van der Waals surface area contributed by atoms with E-state index in [1.807, 2.05) is 52.1 Å². The number of sulfonamides is 1. The molecule has 2 rings (SSSR count). The van der Waals surface area contributed by atoms with E-state index in [-0.39, 0.29) is 11.8 Å². The van der Waals surface area contributed by atoms with E-state index in [0.717, 1.165) is 28.3 Å². The summed E-state index contributed by atoms with van der Waals surface area (Å²) in [4.78, 5) is 0. The van der Waals surface area contributed by atoms with Crippen LogP contribution in [-0.2, 0) is 35.9 Å². The first-order valence-electron chi connectivity index (χ1n) is 8.57. The highest BCUT2D eigenvalue weighted by atomic mass is 32.2. The fraction of sp³-hybridized carbons (Fsp3) is 0.500. The van der Waals surface area contributed by atoms with Crippen LogP contribution in [0, 0.1) is 6.92 Å². The van der Waals surface area contributed by atoms with Gasteiger partial charge in [-0.25, -0.2) is 17.8 Å². The van der Waals surface area contributed by atoms with Gasteiger partial charge in [0.1, 0.15) is 0 Å². The summed E-state index contributed by atoms with van der Waals surface area (Å²) in [6.07, 6.45) is 0. The lowest BCUT2D eigenvalue weighted by molar-refractivity contribution is 0.368. The molecule has 1 aromatic carbocycles. The van der Waals surface area contributed by atoms with Crippen LogP contribution in [-0.4, -0.2) is 31.3 Å². The Morgan fingerprint density at radius 1 is 1.15 bits per heavy atom. The predicted molar refractivity (Wildman–Crippen MR) is 102 cm³/mol. The Kier molecular flexibility index (Phi) is 6.80. The van der Waals surface area contributed by atoms with Gasteiger partial charge in [0.05, 0.1) is 24.1 Å². The van der Waals surface area contributed by atoms with Gasteiger partial charge in [-0.05, 0) is 31.9 Å². The summed E-state index contributed by atoms with van der Waals surface area (Å²) in [7, 11) is 0.199. The zero-order valence-electron chi connectivity index (χ0n) is 16.0. The maximum atomic E-state index is 12.0. The average Bonchev–Trinajstić information content (AvgIpc) is 2.80. The van der Waals surface area contributed by atoms with Crippen LogP contribution in [0.25, 0.3) is 0 Å². The van der Waals surface area contributed by atoms with Crippen molar-refractivity contribution in [1.29, 1.82) is 0 Å².